The summed E-state index contributed by atoms with van der Waals surface area (Å²) in [7, 11) is 0. The number of rotatable bonds is 4. The molecule has 2 aromatic rings. The van der Waals surface area contributed by atoms with Gasteiger partial charge >= 0.3 is 18.2 Å². The van der Waals surface area contributed by atoms with Crippen molar-refractivity contribution >= 4 is 46.9 Å². The molecule has 0 bridgehead atoms. The van der Waals surface area contributed by atoms with E-state index in [9.17, 15) is 26.3 Å². The van der Waals surface area contributed by atoms with Gasteiger partial charge < -0.3 is 14.8 Å². The largest absolute Gasteiger partial charge is 0.416 e. The maximum absolute atomic E-state index is 12.8. The number of halogens is 8. The average molecular weight is 451 g/mol. The molecule has 0 radical (unpaired) electrons. The molecule has 1 heterocycles. The van der Waals surface area contributed by atoms with Crippen molar-refractivity contribution in [3.05, 3.63) is 39.2 Å². The molecular weight excluding hydrogens is 445 g/mol. The quantitative estimate of drug-likeness (QED) is 0.357. The summed E-state index contributed by atoms with van der Waals surface area (Å²) in [5.41, 5.74) is 4.37. The molecule has 1 aromatic heterocycles. The van der Waals surface area contributed by atoms with E-state index in [1.807, 2.05) is 0 Å². The van der Waals surface area contributed by atoms with Crippen molar-refractivity contribution in [3.8, 4) is 5.69 Å². The van der Waals surface area contributed by atoms with Crippen LogP contribution in [0.5, 0.6) is 0 Å². The fourth-order valence-corrected chi connectivity index (χ4v) is 3.11. The minimum absolute atomic E-state index is 0.151. The summed E-state index contributed by atoms with van der Waals surface area (Å²) < 4.78 is 80.1. The monoisotopic (exact) mass is 450 g/mol. The molecule has 0 atom stereocenters. The summed E-state index contributed by atoms with van der Waals surface area (Å²) >= 11 is 11.9. The number of alkyl halides is 6. The SMILES string of the molecule is [C-]#[N+]c1nn(-c2c(Cl)cc(C(F)(F)F)cc2Cl)c(N)c1SOCC(F)(F)F. The van der Waals surface area contributed by atoms with Crippen molar-refractivity contribution in [3.63, 3.8) is 0 Å². The third-order valence-electron chi connectivity index (χ3n) is 2.89. The zero-order valence-corrected chi connectivity index (χ0v) is 14.9. The van der Waals surface area contributed by atoms with Gasteiger partial charge in [0.15, 0.2) is 12.4 Å². The van der Waals surface area contributed by atoms with Crippen molar-refractivity contribution in [1.29, 1.82) is 0 Å². The first-order valence-electron chi connectivity index (χ1n) is 6.54. The van der Waals surface area contributed by atoms with E-state index in [1.165, 1.54) is 0 Å². The van der Waals surface area contributed by atoms with Gasteiger partial charge in [-0.3, -0.25) is 0 Å². The normalized spacial score (nSPS) is 12.3. The van der Waals surface area contributed by atoms with Gasteiger partial charge in [-0.15, -0.1) is 4.68 Å². The molecular formula is C13H6Cl2F6N4OS. The Morgan fingerprint density at radius 1 is 1.19 bits per heavy atom. The van der Waals surface area contributed by atoms with E-state index in [1.54, 1.807) is 0 Å². The first-order chi connectivity index (χ1) is 12.3. The van der Waals surface area contributed by atoms with E-state index in [-0.39, 0.29) is 28.4 Å². The first-order valence-corrected chi connectivity index (χ1v) is 8.03. The lowest BCUT2D eigenvalue weighted by molar-refractivity contribution is -0.150. The molecule has 0 spiro atoms. The molecule has 5 nitrogen and oxygen atoms in total. The first kappa shape index (κ1) is 21.5. The zero-order valence-electron chi connectivity index (χ0n) is 12.6. The van der Waals surface area contributed by atoms with Crippen molar-refractivity contribution in [2.45, 2.75) is 17.2 Å². The predicted molar refractivity (Wildman–Crippen MR) is 87.1 cm³/mol. The Labute approximate surface area is 162 Å². The molecule has 0 saturated heterocycles. The third kappa shape index (κ3) is 4.92. The number of nitrogen functional groups attached to an aromatic ring is 1. The fourth-order valence-electron chi connectivity index (χ4n) is 1.81. The summed E-state index contributed by atoms with van der Waals surface area (Å²) in [5.74, 6) is -0.816. The van der Waals surface area contributed by atoms with Crippen LogP contribution >= 0.6 is 35.2 Å². The third-order valence-corrected chi connectivity index (χ3v) is 4.26. The van der Waals surface area contributed by atoms with Gasteiger partial charge in [0.25, 0.3) is 0 Å². The number of benzene rings is 1. The highest BCUT2D eigenvalue weighted by Gasteiger charge is 2.34. The molecule has 2 N–H and O–H groups in total. The van der Waals surface area contributed by atoms with Crippen LogP contribution in [0.25, 0.3) is 10.5 Å². The predicted octanol–water partition coefficient (Wildman–Crippen LogP) is 5.92. The minimum Gasteiger partial charge on any atom is -0.382 e. The standard InChI is InChI=1S/C13H6Cl2F6N4OS/c1-23-11-9(27-26-4-12(16,17)18)10(22)25(24-11)8-6(14)2-5(3-7(8)15)13(19,20)21/h2-3H,4,22H2. The average Bonchev–Trinajstić information content (AvgIpc) is 2.81. The summed E-state index contributed by atoms with van der Waals surface area (Å²) in [4.78, 5) is 2.74. The maximum atomic E-state index is 12.8. The summed E-state index contributed by atoms with van der Waals surface area (Å²) in [5, 5.41) is 2.78. The lowest BCUT2D eigenvalue weighted by atomic mass is 10.2. The van der Waals surface area contributed by atoms with Crippen LogP contribution in [0.15, 0.2) is 17.0 Å². The van der Waals surface area contributed by atoms with Gasteiger partial charge in [-0.1, -0.05) is 29.8 Å². The molecule has 0 fully saturated rings. The molecule has 14 heteroatoms. The molecule has 1 aromatic carbocycles. The van der Waals surface area contributed by atoms with E-state index >= 15 is 0 Å². The van der Waals surface area contributed by atoms with E-state index in [0.717, 1.165) is 4.68 Å². The van der Waals surface area contributed by atoms with Crippen molar-refractivity contribution in [1.82, 2.24) is 9.78 Å². The lowest BCUT2D eigenvalue weighted by Crippen LogP contribution is -2.14. The van der Waals surface area contributed by atoms with Gasteiger partial charge in [0, 0.05) is 12.0 Å². The second kappa shape index (κ2) is 7.67. The highest BCUT2D eigenvalue weighted by molar-refractivity contribution is 7.95. The Morgan fingerprint density at radius 2 is 1.74 bits per heavy atom. The molecule has 0 saturated carbocycles. The lowest BCUT2D eigenvalue weighted by Gasteiger charge is -2.12. The van der Waals surface area contributed by atoms with Crippen LogP contribution < -0.4 is 5.73 Å². The Morgan fingerprint density at radius 3 is 2.19 bits per heavy atom. The smallest absolute Gasteiger partial charge is 0.382 e. The molecule has 0 aliphatic carbocycles. The van der Waals surface area contributed by atoms with Crippen molar-refractivity contribution in [2.75, 3.05) is 12.3 Å². The zero-order chi connectivity index (χ0) is 20.6. The number of nitrogens with two attached hydrogens (primary N) is 1. The number of anilines is 1. The summed E-state index contributed by atoms with van der Waals surface area (Å²) in [6.45, 7) is 5.40. The highest BCUT2D eigenvalue weighted by atomic mass is 35.5. The van der Waals surface area contributed by atoms with Gasteiger partial charge in [-0.25, -0.2) is 0 Å². The van der Waals surface area contributed by atoms with Crippen LogP contribution in [0, 0.1) is 6.57 Å². The van der Waals surface area contributed by atoms with Crippen LogP contribution in [0.1, 0.15) is 5.56 Å². The molecule has 0 unspecified atom stereocenters. The molecule has 0 aliphatic rings. The topological polar surface area (TPSA) is 57.4 Å². The van der Waals surface area contributed by atoms with E-state index in [0.29, 0.717) is 12.1 Å². The Hall–Kier alpha value is -1.81. The van der Waals surface area contributed by atoms with Gasteiger partial charge in [-0.2, -0.15) is 26.3 Å². The molecule has 146 valence electrons. The van der Waals surface area contributed by atoms with Gasteiger partial charge in [0.05, 0.1) is 15.6 Å². The van der Waals surface area contributed by atoms with E-state index in [2.05, 4.69) is 14.1 Å². The van der Waals surface area contributed by atoms with Gasteiger partial charge in [0.2, 0.25) is 0 Å². The van der Waals surface area contributed by atoms with E-state index < -0.39 is 40.4 Å². The second-order valence-corrected chi connectivity index (χ2v) is 6.43. The number of hydrogen-bond donors (Lipinski definition) is 1. The van der Waals surface area contributed by atoms with Gasteiger partial charge in [0.1, 0.15) is 10.6 Å². The molecule has 27 heavy (non-hydrogen) atoms. The Bertz CT molecular complexity index is 883. The fraction of sp³-hybridized carbons (Fsp3) is 0.231. The van der Waals surface area contributed by atoms with Crippen LogP contribution in [0.3, 0.4) is 0 Å². The van der Waals surface area contributed by atoms with Crippen molar-refractivity contribution in [2.24, 2.45) is 0 Å². The highest BCUT2D eigenvalue weighted by Crippen LogP contribution is 2.42. The Balaban J connectivity index is 2.47. The summed E-state index contributed by atoms with van der Waals surface area (Å²) in [6.07, 6.45) is -9.33. The van der Waals surface area contributed by atoms with Crippen molar-refractivity contribution < 1.29 is 30.5 Å². The Kier molecular flexibility index (Phi) is 6.10. The van der Waals surface area contributed by atoms with E-state index in [4.69, 9.17) is 35.5 Å². The van der Waals surface area contributed by atoms with Crippen LogP contribution in [-0.2, 0) is 10.4 Å². The molecule has 2 rings (SSSR count). The maximum Gasteiger partial charge on any atom is 0.416 e. The van der Waals surface area contributed by atoms with Crippen LogP contribution in [0.4, 0.5) is 38.0 Å². The number of hydrogen-bond acceptors (Lipinski definition) is 4. The second-order valence-electron chi connectivity index (χ2n) is 4.81. The van der Waals surface area contributed by atoms with Crippen LogP contribution in [0.2, 0.25) is 10.0 Å². The number of aromatic nitrogens is 2. The minimum atomic E-state index is -4.71. The van der Waals surface area contributed by atoms with Crippen LogP contribution in [-0.4, -0.2) is 22.6 Å². The molecule has 0 amide bonds. The van der Waals surface area contributed by atoms with Gasteiger partial charge in [-0.05, 0) is 17.2 Å². The summed E-state index contributed by atoms with van der Waals surface area (Å²) in [6, 6.07) is 1.16. The number of nitrogens with zero attached hydrogens (tertiary/aromatic N) is 3. The molecule has 0 aliphatic heterocycles.